The summed E-state index contributed by atoms with van der Waals surface area (Å²) in [6, 6.07) is 5.01. The van der Waals surface area contributed by atoms with E-state index >= 15 is 0 Å². The number of alkyl halides is 3. The number of halogens is 3. The fraction of sp³-hybridized carbons (Fsp3) is 0.571. The van der Waals surface area contributed by atoms with Crippen LogP contribution in [0.2, 0.25) is 0 Å². The highest BCUT2D eigenvalue weighted by atomic mass is 32.2. The SMILES string of the molecule is CC1SCC(C(N)c2ccc(C(F)(F)F)cc2)SC1C. The lowest BCUT2D eigenvalue weighted by molar-refractivity contribution is -0.137. The van der Waals surface area contributed by atoms with Crippen molar-refractivity contribution in [1.82, 2.24) is 0 Å². The minimum atomic E-state index is -4.29. The molecule has 1 aliphatic rings. The highest BCUT2D eigenvalue weighted by molar-refractivity contribution is 8.07. The summed E-state index contributed by atoms with van der Waals surface area (Å²) >= 11 is 3.72. The smallest absolute Gasteiger partial charge is 0.323 e. The minimum Gasteiger partial charge on any atom is -0.323 e. The van der Waals surface area contributed by atoms with Crippen LogP contribution in [0, 0.1) is 0 Å². The molecule has 20 heavy (non-hydrogen) atoms. The van der Waals surface area contributed by atoms with Crippen LogP contribution in [0.15, 0.2) is 24.3 Å². The summed E-state index contributed by atoms with van der Waals surface area (Å²) in [6.07, 6.45) is -4.29. The Morgan fingerprint density at radius 3 is 2.25 bits per heavy atom. The fourth-order valence-electron chi connectivity index (χ4n) is 2.11. The van der Waals surface area contributed by atoms with Gasteiger partial charge in [0.15, 0.2) is 0 Å². The third kappa shape index (κ3) is 3.65. The van der Waals surface area contributed by atoms with Gasteiger partial charge in [-0.25, -0.2) is 0 Å². The number of rotatable bonds is 2. The molecular weight excluding hydrogens is 303 g/mol. The Kier molecular flexibility index (Phi) is 4.97. The van der Waals surface area contributed by atoms with Gasteiger partial charge < -0.3 is 5.73 Å². The number of nitrogens with two attached hydrogens (primary N) is 1. The average Bonchev–Trinajstić information content (AvgIpc) is 2.40. The maximum absolute atomic E-state index is 12.5. The van der Waals surface area contributed by atoms with Crippen molar-refractivity contribution in [3.8, 4) is 0 Å². The van der Waals surface area contributed by atoms with Crippen molar-refractivity contribution >= 4 is 23.5 Å². The molecule has 1 aromatic rings. The van der Waals surface area contributed by atoms with Gasteiger partial charge >= 0.3 is 6.18 Å². The lowest BCUT2D eigenvalue weighted by Crippen LogP contribution is -2.34. The van der Waals surface area contributed by atoms with Crippen molar-refractivity contribution in [2.75, 3.05) is 5.75 Å². The molecule has 112 valence electrons. The van der Waals surface area contributed by atoms with Gasteiger partial charge in [0.2, 0.25) is 0 Å². The number of hydrogen-bond acceptors (Lipinski definition) is 3. The van der Waals surface area contributed by atoms with Crippen molar-refractivity contribution in [2.24, 2.45) is 5.73 Å². The molecule has 1 fully saturated rings. The molecule has 2 rings (SSSR count). The first-order valence-electron chi connectivity index (χ1n) is 6.49. The van der Waals surface area contributed by atoms with Gasteiger partial charge in [0.25, 0.3) is 0 Å². The molecule has 0 aromatic heterocycles. The molecule has 2 N–H and O–H groups in total. The number of thioether (sulfide) groups is 2. The fourth-order valence-corrected chi connectivity index (χ4v) is 5.15. The van der Waals surface area contributed by atoms with Gasteiger partial charge in [0.1, 0.15) is 0 Å². The second-order valence-electron chi connectivity index (χ2n) is 5.06. The summed E-state index contributed by atoms with van der Waals surface area (Å²) in [4.78, 5) is 0. The van der Waals surface area contributed by atoms with Gasteiger partial charge in [-0.2, -0.15) is 36.7 Å². The second-order valence-corrected chi connectivity index (χ2v) is 8.10. The van der Waals surface area contributed by atoms with Gasteiger partial charge in [0.05, 0.1) is 5.56 Å². The standard InChI is InChI=1S/C14H18F3NS2/c1-8-9(2)20-12(7-19-8)13(18)10-3-5-11(6-4-10)14(15,16)17/h3-6,8-9,12-13H,7,18H2,1-2H3. The van der Waals surface area contributed by atoms with E-state index in [1.807, 2.05) is 23.5 Å². The van der Waals surface area contributed by atoms with E-state index in [0.717, 1.165) is 23.4 Å². The summed E-state index contributed by atoms with van der Waals surface area (Å²) in [6.45, 7) is 4.37. The third-order valence-electron chi connectivity index (χ3n) is 3.60. The molecule has 0 radical (unpaired) electrons. The zero-order valence-electron chi connectivity index (χ0n) is 11.4. The second kappa shape index (κ2) is 6.20. The predicted molar refractivity (Wildman–Crippen MR) is 81.1 cm³/mol. The molecule has 1 aromatic carbocycles. The van der Waals surface area contributed by atoms with E-state index in [1.54, 1.807) is 0 Å². The zero-order valence-corrected chi connectivity index (χ0v) is 13.0. The molecule has 4 atom stereocenters. The van der Waals surface area contributed by atoms with E-state index < -0.39 is 11.7 Å². The van der Waals surface area contributed by atoms with Crippen molar-refractivity contribution in [3.63, 3.8) is 0 Å². The molecule has 4 unspecified atom stereocenters. The molecule has 0 amide bonds. The molecule has 0 saturated carbocycles. The predicted octanol–water partition coefficient (Wildman–Crippen LogP) is 4.33. The summed E-state index contributed by atoms with van der Waals surface area (Å²) in [5.74, 6) is 0.943. The third-order valence-corrected chi connectivity index (χ3v) is 7.11. The zero-order chi connectivity index (χ0) is 14.9. The van der Waals surface area contributed by atoms with Crippen molar-refractivity contribution in [2.45, 2.75) is 41.8 Å². The Balaban J connectivity index is 2.08. The minimum absolute atomic E-state index is 0.218. The van der Waals surface area contributed by atoms with Crippen molar-refractivity contribution in [3.05, 3.63) is 35.4 Å². The lowest BCUT2D eigenvalue weighted by Gasteiger charge is -2.34. The van der Waals surface area contributed by atoms with Gasteiger partial charge in [-0.05, 0) is 17.7 Å². The number of benzene rings is 1. The van der Waals surface area contributed by atoms with Crippen LogP contribution in [0.3, 0.4) is 0 Å². The largest absolute Gasteiger partial charge is 0.416 e. The van der Waals surface area contributed by atoms with Gasteiger partial charge in [-0.1, -0.05) is 26.0 Å². The van der Waals surface area contributed by atoms with Gasteiger partial charge in [-0.3, -0.25) is 0 Å². The van der Waals surface area contributed by atoms with Crippen LogP contribution < -0.4 is 5.73 Å². The van der Waals surface area contributed by atoms with Crippen LogP contribution >= 0.6 is 23.5 Å². The van der Waals surface area contributed by atoms with Gasteiger partial charge in [-0.15, -0.1) is 0 Å². The van der Waals surface area contributed by atoms with Crippen LogP contribution in [-0.2, 0) is 6.18 Å². The van der Waals surface area contributed by atoms with Crippen LogP contribution in [0.1, 0.15) is 31.0 Å². The van der Waals surface area contributed by atoms with E-state index in [0.29, 0.717) is 10.5 Å². The van der Waals surface area contributed by atoms with E-state index in [1.165, 1.54) is 12.1 Å². The molecule has 1 nitrogen and oxygen atoms in total. The maximum Gasteiger partial charge on any atom is 0.416 e. The normalized spacial score (nSPS) is 29.2. The molecule has 0 spiro atoms. The molecular formula is C14H18F3NS2. The molecule has 1 aliphatic heterocycles. The Morgan fingerprint density at radius 1 is 1.15 bits per heavy atom. The Hall–Kier alpha value is -0.330. The van der Waals surface area contributed by atoms with Crippen LogP contribution in [0.4, 0.5) is 13.2 Å². The quantitative estimate of drug-likeness (QED) is 0.878. The highest BCUT2D eigenvalue weighted by Gasteiger charge is 2.32. The molecule has 1 saturated heterocycles. The lowest BCUT2D eigenvalue weighted by atomic mass is 10.0. The summed E-state index contributed by atoms with van der Waals surface area (Å²) in [5, 5.41) is 1.36. The van der Waals surface area contributed by atoms with Gasteiger partial charge in [0, 0.05) is 27.5 Å². The average molecular weight is 321 g/mol. The topological polar surface area (TPSA) is 26.0 Å². The first-order chi connectivity index (χ1) is 9.29. The molecule has 6 heteroatoms. The van der Waals surface area contributed by atoms with E-state index in [-0.39, 0.29) is 11.3 Å². The maximum atomic E-state index is 12.5. The summed E-state index contributed by atoms with van der Waals surface area (Å²) in [5.41, 5.74) is 6.37. The van der Waals surface area contributed by atoms with Crippen molar-refractivity contribution < 1.29 is 13.2 Å². The molecule has 1 heterocycles. The highest BCUT2D eigenvalue weighted by Crippen LogP contribution is 2.40. The van der Waals surface area contributed by atoms with Crippen LogP contribution in [-0.4, -0.2) is 21.5 Å². The van der Waals surface area contributed by atoms with E-state index in [2.05, 4.69) is 13.8 Å². The molecule has 0 aliphatic carbocycles. The summed E-state index contributed by atoms with van der Waals surface area (Å²) in [7, 11) is 0. The van der Waals surface area contributed by atoms with E-state index in [9.17, 15) is 13.2 Å². The van der Waals surface area contributed by atoms with Crippen LogP contribution in [0.25, 0.3) is 0 Å². The molecule has 0 bridgehead atoms. The van der Waals surface area contributed by atoms with Crippen molar-refractivity contribution in [1.29, 1.82) is 0 Å². The number of hydrogen-bond donors (Lipinski definition) is 1. The summed E-state index contributed by atoms with van der Waals surface area (Å²) < 4.78 is 37.6. The monoisotopic (exact) mass is 321 g/mol. The first-order valence-corrected chi connectivity index (χ1v) is 8.48. The Labute approximate surface area is 125 Å². The Bertz CT molecular complexity index is 447. The van der Waals surface area contributed by atoms with Crippen LogP contribution in [0.5, 0.6) is 0 Å². The first kappa shape index (κ1) is 16.0. The Morgan fingerprint density at radius 2 is 1.75 bits per heavy atom. The van der Waals surface area contributed by atoms with E-state index in [4.69, 9.17) is 5.73 Å².